The third-order valence-electron chi connectivity index (χ3n) is 1.16. The molecule has 0 aliphatic heterocycles. The molecule has 5 heteroatoms. The lowest BCUT2D eigenvalue weighted by molar-refractivity contribution is -0.490. The summed E-state index contributed by atoms with van der Waals surface area (Å²) < 4.78 is 1.78. The average molecular weight is 153 g/mol. The minimum Gasteiger partial charge on any atom is -0.357 e. The summed E-state index contributed by atoms with van der Waals surface area (Å²) >= 11 is 0. The van der Waals surface area contributed by atoms with Crippen molar-refractivity contribution in [2.75, 3.05) is 0 Å². The zero-order valence-corrected chi connectivity index (χ0v) is 5.97. The molecule has 1 heterocycles. The number of aromatic nitrogens is 1. The van der Waals surface area contributed by atoms with E-state index in [1.807, 2.05) is 7.05 Å². The first kappa shape index (κ1) is 7.46. The van der Waals surface area contributed by atoms with Gasteiger partial charge in [-0.15, -0.1) is 0 Å². The van der Waals surface area contributed by atoms with E-state index in [4.69, 9.17) is 0 Å². The van der Waals surface area contributed by atoms with Crippen LogP contribution in [0.15, 0.2) is 29.6 Å². The van der Waals surface area contributed by atoms with Crippen LogP contribution in [0.3, 0.4) is 0 Å². The van der Waals surface area contributed by atoms with Crippen molar-refractivity contribution in [1.29, 1.82) is 0 Å². The van der Waals surface area contributed by atoms with Crippen molar-refractivity contribution in [3.63, 3.8) is 0 Å². The molecule has 0 unspecified atom stereocenters. The molecule has 1 aromatic heterocycles. The third kappa shape index (κ3) is 2.21. The Morgan fingerprint density at radius 2 is 2.09 bits per heavy atom. The fourth-order valence-corrected chi connectivity index (χ4v) is 0.654. The van der Waals surface area contributed by atoms with Gasteiger partial charge in [-0.05, 0) is 12.1 Å². The van der Waals surface area contributed by atoms with E-state index in [2.05, 4.69) is 5.10 Å². The highest BCUT2D eigenvalue weighted by molar-refractivity contribution is 4.91. The second-order valence-corrected chi connectivity index (χ2v) is 2.06. The van der Waals surface area contributed by atoms with Gasteiger partial charge in [-0.2, -0.15) is 0 Å². The van der Waals surface area contributed by atoms with Gasteiger partial charge in [0.1, 0.15) is 5.36 Å². The lowest BCUT2D eigenvalue weighted by atomic mass is 10.5. The van der Waals surface area contributed by atoms with E-state index in [0.29, 0.717) is 5.36 Å². The molecule has 0 N–H and O–H groups in total. The largest absolute Gasteiger partial charge is 0.357 e. The van der Waals surface area contributed by atoms with Crippen LogP contribution in [0.5, 0.6) is 0 Å². The molecule has 0 saturated carbocycles. The fraction of sp³-hybridized carbons (Fsp3) is 0.167. The van der Waals surface area contributed by atoms with Gasteiger partial charge in [-0.3, -0.25) is 0 Å². The van der Waals surface area contributed by atoms with Crippen LogP contribution in [0.4, 0.5) is 0 Å². The summed E-state index contributed by atoms with van der Waals surface area (Å²) in [5, 5.41) is 12.6. The van der Waals surface area contributed by atoms with Crippen LogP contribution in [-0.4, -0.2) is 9.60 Å². The van der Waals surface area contributed by atoms with Crippen LogP contribution in [0.1, 0.15) is 0 Å². The third-order valence-corrected chi connectivity index (χ3v) is 1.16. The Bertz CT molecular complexity index is 308. The van der Waals surface area contributed by atoms with Crippen molar-refractivity contribution in [2.45, 2.75) is 0 Å². The highest BCUT2D eigenvalue weighted by Crippen LogP contribution is 1.76. The molecule has 0 bridgehead atoms. The van der Waals surface area contributed by atoms with Gasteiger partial charge in [0.05, 0.1) is 5.10 Å². The Kier molecular flexibility index (Phi) is 2.00. The van der Waals surface area contributed by atoms with Crippen LogP contribution in [0, 0.1) is 10.1 Å². The quantitative estimate of drug-likeness (QED) is 0.425. The second-order valence-electron chi connectivity index (χ2n) is 2.06. The van der Waals surface area contributed by atoms with Crippen molar-refractivity contribution in [2.24, 2.45) is 12.1 Å². The number of aryl methyl sites for hydroxylation is 1. The SMILES string of the molecule is Cn1ccc(=N[N+](=O)[O-])cc1. The molecule has 0 spiro atoms. The maximum Gasteiger partial charge on any atom is 0.191 e. The molecule has 0 aliphatic rings. The molecule has 0 radical (unpaired) electrons. The molecule has 0 aliphatic carbocycles. The monoisotopic (exact) mass is 153 g/mol. The Morgan fingerprint density at radius 3 is 2.55 bits per heavy atom. The summed E-state index contributed by atoms with van der Waals surface area (Å²) in [7, 11) is 1.83. The smallest absolute Gasteiger partial charge is 0.191 e. The summed E-state index contributed by atoms with van der Waals surface area (Å²) in [5.41, 5.74) is 0. The van der Waals surface area contributed by atoms with Crippen molar-refractivity contribution < 1.29 is 5.03 Å². The van der Waals surface area contributed by atoms with Crippen LogP contribution in [-0.2, 0) is 7.05 Å². The summed E-state index contributed by atoms with van der Waals surface area (Å²) in [6.07, 6.45) is 3.39. The van der Waals surface area contributed by atoms with Gasteiger partial charge in [0, 0.05) is 19.4 Å². The van der Waals surface area contributed by atoms with E-state index in [0.717, 1.165) is 0 Å². The van der Waals surface area contributed by atoms with Crippen molar-refractivity contribution in [3.8, 4) is 0 Å². The van der Waals surface area contributed by atoms with E-state index in [1.165, 1.54) is 0 Å². The van der Waals surface area contributed by atoms with Crippen molar-refractivity contribution in [1.82, 2.24) is 4.57 Å². The summed E-state index contributed by atoms with van der Waals surface area (Å²) in [6.45, 7) is 0. The van der Waals surface area contributed by atoms with Gasteiger partial charge in [0.15, 0.2) is 5.03 Å². The zero-order chi connectivity index (χ0) is 8.27. The number of rotatable bonds is 1. The lowest BCUT2D eigenvalue weighted by Crippen LogP contribution is -2.05. The number of nitrogens with zero attached hydrogens (tertiary/aromatic N) is 3. The van der Waals surface area contributed by atoms with Gasteiger partial charge < -0.3 is 4.57 Å². The van der Waals surface area contributed by atoms with Crippen LogP contribution in [0.25, 0.3) is 0 Å². The van der Waals surface area contributed by atoms with Gasteiger partial charge in [0.25, 0.3) is 0 Å². The van der Waals surface area contributed by atoms with Gasteiger partial charge in [-0.1, -0.05) is 0 Å². The molecule has 0 aromatic carbocycles. The van der Waals surface area contributed by atoms with Crippen molar-refractivity contribution in [3.05, 3.63) is 40.0 Å². The lowest BCUT2D eigenvalue weighted by Gasteiger charge is -1.91. The topological polar surface area (TPSA) is 60.4 Å². The molecular weight excluding hydrogens is 146 g/mol. The van der Waals surface area contributed by atoms with Crippen molar-refractivity contribution >= 4 is 0 Å². The molecule has 5 nitrogen and oxygen atoms in total. The number of hydrogen-bond acceptors (Lipinski definition) is 2. The predicted octanol–water partition coefficient (Wildman–Crippen LogP) is 0.118. The molecule has 1 aromatic rings. The Labute approximate surface area is 62.7 Å². The molecule has 0 amide bonds. The van der Waals surface area contributed by atoms with Gasteiger partial charge >= 0.3 is 0 Å². The molecule has 1 rings (SSSR count). The van der Waals surface area contributed by atoms with Crippen LogP contribution >= 0.6 is 0 Å². The average Bonchev–Trinajstić information content (AvgIpc) is 1.93. The molecule has 0 atom stereocenters. The summed E-state index contributed by atoms with van der Waals surface area (Å²) in [6, 6.07) is 3.14. The highest BCUT2D eigenvalue weighted by Gasteiger charge is 1.87. The molecule has 0 fully saturated rings. The predicted molar refractivity (Wildman–Crippen MR) is 38.0 cm³/mol. The Hall–Kier alpha value is -1.65. The first-order valence-corrected chi connectivity index (χ1v) is 3.00. The molecule has 0 saturated heterocycles. The van der Waals surface area contributed by atoms with E-state index in [9.17, 15) is 10.1 Å². The molecule has 11 heavy (non-hydrogen) atoms. The maximum absolute atomic E-state index is 9.89. The minimum atomic E-state index is -0.713. The van der Waals surface area contributed by atoms with Gasteiger partial charge in [0.2, 0.25) is 0 Å². The summed E-state index contributed by atoms with van der Waals surface area (Å²) in [5.74, 6) is 0. The number of hydrogen-bond donors (Lipinski definition) is 0. The molecule has 58 valence electrons. The highest BCUT2D eigenvalue weighted by atomic mass is 16.7. The number of pyridine rings is 1. The van der Waals surface area contributed by atoms with Crippen LogP contribution < -0.4 is 5.36 Å². The van der Waals surface area contributed by atoms with Gasteiger partial charge in [-0.25, -0.2) is 10.1 Å². The Balaban J connectivity index is 3.08. The Morgan fingerprint density at radius 1 is 1.55 bits per heavy atom. The minimum absolute atomic E-state index is 0.355. The first-order chi connectivity index (χ1) is 5.18. The molecular formula is C6H7N3O2. The first-order valence-electron chi connectivity index (χ1n) is 3.00. The summed E-state index contributed by atoms with van der Waals surface area (Å²) in [4.78, 5) is 9.89. The normalized spacial score (nSPS) is 9.18. The zero-order valence-electron chi connectivity index (χ0n) is 5.97. The van der Waals surface area contributed by atoms with E-state index in [-0.39, 0.29) is 0 Å². The second kappa shape index (κ2) is 2.96. The maximum atomic E-state index is 9.89. The standard InChI is InChI=1S/C6H7N3O2/c1-8-4-2-6(3-5-8)7-9(10)11/h2-5H,1H3. The van der Waals surface area contributed by atoms with E-state index >= 15 is 0 Å². The fourth-order valence-electron chi connectivity index (χ4n) is 0.654. The number of nitro groups is 1. The van der Waals surface area contributed by atoms with E-state index in [1.54, 1.807) is 29.1 Å². The van der Waals surface area contributed by atoms with Crippen LogP contribution in [0.2, 0.25) is 0 Å². The van der Waals surface area contributed by atoms with E-state index < -0.39 is 5.03 Å².